The van der Waals surface area contributed by atoms with E-state index in [1.165, 1.54) is 12.1 Å². The van der Waals surface area contributed by atoms with E-state index in [0.717, 1.165) is 10.9 Å². The number of aromatic nitrogens is 1. The van der Waals surface area contributed by atoms with Gasteiger partial charge in [-0.15, -0.1) is 0 Å². The van der Waals surface area contributed by atoms with Gasteiger partial charge in [-0.05, 0) is 36.4 Å². The van der Waals surface area contributed by atoms with Crippen LogP contribution in [0.15, 0.2) is 53.1 Å². The van der Waals surface area contributed by atoms with Gasteiger partial charge in [-0.3, -0.25) is 4.98 Å². The minimum Gasteiger partial charge on any atom is -0.456 e. The van der Waals surface area contributed by atoms with Gasteiger partial charge in [0.05, 0.1) is 5.52 Å². The van der Waals surface area contributed by atoms with Crippen molar-refractivity contribution in [1.29, 1.82) is 0 Å². The average Bonchev–Trinajstić information content (AvgIpc) is 2.37. The maximum Gasteiger partial charge on any atom is 0.138 e. The number of fused-ring (bicyclic) bond motifs is 1. The molecule has 0 atom stereocenters. The minimum absolute atomic E-state index is 0.365. The van der Waals surface area contributed by atoms with E-state index in [9.17, 15) is 4.39 Å². The highest BCUT2D eigenvalue weighted by molar-refractivity contribution is 9.10. The molecule has 0 unspecified atom stereocenters. The van der Waals surface area contributed by atoms with E-state index in [4.69, 9.17) is 16.3 Å². The third-order valence-corrected chi connectivity index (χ3v) is 3.42. The highest BCUT2D eigenvalue weighted by atomic mass is 79.9. The average molecular weight is 353 g/mol. The van der Waals surface area contributed by atoms with Crippen LogP contribution in [0.25, 0.3) is 10.9 Å². The van der Waals surface area contributed by atoms with Crippen LogP contribution < -0.4 is 4.74 Å². The summed E-state index contributed by atoms with van der Waals surface area (Å²) in [4.78, 5) is 4.23. The third kappa shape index (κ3) is 2.76. The predicted octanol–water partition coefficient (Wildman–Crippen LogP) is 5.58. The lowest BCUT2D eigenvalue weighted by Gasteiger charge is -2.09. The van der Waals surface area contributed by atoms with Gasteiger partial charge in [0.2, 0.25) is 0 Å². The van der Waals surface area contributed by atoms with Crippen LogP contribution in [0.4, 0.5) is 4.39 Å². The molecule has 1 heterocycles. The zero-order valence-corrected chi connectivity index (χ0v) is 12.5. The highest BCUT2D eigenvalue weighted by Crippen LogP contribution is 2.31. The van der Waals surface area contributed by atoms with E-state index in [2.05, 4.69) is 20.9 Å². The molecule has 0 amide bonds. The summed E-state index contributed by atoms with van der Waals surface area (Å²) in [5, 5.41) is 1.42. The molecule has 0 bridgehead atoms. The molecular formula is C15H8BrClFNO. The van der Waals surface area contributed by atoms with Crippen molar-refractivity contribution in [1.82, 2.24) is 4.98 Å². The summed E-state index contributed by atoms with van der Waals surface area (Å²) in [6.07, 6.45) is 1.63. The first kappa shape index (κ1) is 13.3. The topological polar surface area (TPSA) is 22.1 Å². The van der Waals surface area contributed by atoms with Crippen molar-refractivity contribution >= 4 is 38.4 Å². The minimum atomic E-state index is -0.365. The molecule has 2 aromatic carbocycles. The molecule has 0 N–H and O–H groups in total. The van der Waals surface area contributed by atoms with E-state index in [1.54, 1.807) is 30.5 Å². The van der Waals surface area contributed by atoms with Crippen LogP contribution in [-0.4, -0.2) is 4.98 Å². The van der Waals surface area contributed by atoms with Gasteiger partial charge in [-0.1, -0.05) is 27.5 Å². The molecule has 0 saturated carbocycles. The normalized spacial score (nSPS) is 10.8. The van der Waals surface area contributed by atoms with E-state index in [-0.39, 0.29) is 5.82 Å². The first-order valence-electron chi connectivity index (χ1n) is 5.80. The van der Waals surface area contributed by atoms with Crippen LogP contribution in [0.3, 0.4) is 0 Å². The molecule has 20 heavy (non-hydrogen) atoms. The number of hydrogen-bond donors (Lipinski definition) is 0. The Kier molecular flexibility index (Phi) is 3.59. The molecule has 3 rings (SSSR count). The lowest BCUT2D eigenvalue weighted by atomic mass is 10.2. The van der Waals surface area contributed by atoms with E-state index >= 15 is 0 Å². The van der Waals surface area contributed by atoms with Crippen LogP contribution in [0.5, 0.6) is 11.5 Å². The number of ether oxygens (including phenoxy) is 1. The van der Waals surface area contributed by atoms with Gasteiger partial charge in [-0.25, -0.2) is 4.39 Å². The molecular weight excluding hydrogens is 345 g/mol. The van der Waals surface area contributed by atoms with Gasteiger partial charge in [0, 0.05) is 27.1 Å². The monoisotopic (exact) mass is 351 g/mol. The van der Waals surface area contributed by atoms with Crippen molar-refractivity contribution in [2.45, 2.75) is 0 Å². The lowest BCUT2D eigenvalue weighted by Crippen LogP contribution is -1.89. The lowest BCUT2D eigenvalue weighted by molar-refractivity contribution is 0.481. The van der Waals surface area contributed by atoms with Gasteiger partial charge in [0.25, 0.3) is 0 Å². The molecule has 0 aliphatic heterocycles. The summed E-state index contributed by atoms with van der Waals surface area (Å²) >= 11 is 9.17. The van der Waals surface area contributed by atoms with Crippen LogP contribution in [0.2, 0.25) is 5.02 Å². The first-order valence-corrected chi connectivity index (χ1v) is 6.97. The maximum atomic E-state index is 13.4. The van der Waals surface area contributed by atoms with Crippen molar-refractivity contribution in [2.24, 2.45) is 0 Å². The zero-order chi connectivity index (χ0) is 14.1. The molecule has 1 aromatic heterocycles. The molecule has 3 aromatic rings. The summed E-state index contributed by atoms with van der Waals surface area (Å²) in [5.74, 6) is 0.652. The molecule has 0 aliphatic rings. The molecule has 0 spiro atoms. The number of hydrogen-bond acceptors (Lipinski definition) is 2. The fourth-order valence-electron chi connectivity index (χ4n) is 1.90. The van der Waals surface area contributed by atoms with Gasteiger partial charge < -0.3 is 4.74 Å². The number of benzene rings is 2. The van der Waals surface area contributed by atoms with Crippen LogP contribution in [0, 0.1) is 5.82 Å². The van der Waals surface area contributed by atoms with Gasteiger partial charge in [0.15, 0.2) is 0 Å². The number of nitrogens with zero attached hydrogens (tertiary/aromatic N) is 1. The Morgan fingerprint density at radius 2 is 1.95 bits per heavy atom. The second-order valence-corrected chi connectivity index (χ2v) is 5.53. The number of rotatable bonds is 2. The van der Waals surface area contributed by atoms with Crippen molar-refractivity contribution in [3.8, 4) is 11.5 Å². The summed E-state index contributed by atoms with van der Waals surface area (Å²) in [7, 11) is 0. The van der Waals surface area contributed by atoms with Gasteiger partial charge >= 0.3 is 0 Å². The van der Waals surface area contributed by atoms with Crippen molar-refractivity contribution in [3.63, 3.8) is 0 Å². The van der Waals surface area contributed by atoms with Crippen molar-refractivity contribution in [2.75, 3.05) is 0 Å². The largest absolute Gasteiger partial charge is 0.456 e. The van der Waals surface area contributed by atoms with Crippen molar-refractivity contribution in [3.05, 3.63) is 64.0 Å². The molecule has 2 nitrogen and oxygen atoms in total. The Hall–Kier alpha value is -1.65. The Bertz CT molecular complexity index is 774. The fraction of sp³-hybridized carbons (Fsp3) is 0. The van der Waals surface area contributed by atoms with Gasteiger partial charge in [0.1, 0.15) is 17.3 Å². The molecule has 0 radical (unpaired) electrons. The van der Waals surface area contributed by atoms with Crippen LogP contribution >= 0.6 is 27.5 Å². The maximum absolute atomic E-state index is 13.4. The van der Waals surface area contributed by atoms with Gasteiger partial charge in [-0.2, -0.15) is 0 Å². The molecule has 100 valence electrons. The summed E-state index contributed by atoms with van der Waals surface area (Å²) in [5.41, 5.74) is 0.727. The molecule has 0 aliphatic carbocycles. The highest BCUT2D eigenvalue weighted by Gasteiger charge is 2.06. The summed E-state index contributed by atoms with van der Waals surface area (Å²) in [6, 6.07) is 11.5. The van der Waals surface area contributed by atoms with Crippen molar-refractivity contribution < 1.29 is 9.13 Å². The smallest absolute Gasteiger partial charge is 0.138 e. The standard InChI is InChI=1S/C15H8BrClFNO/c16-9-5-11(18)8-12(6-9)20-15-3-4-19-14-7-10(17)1-2-13(14)15/h1-8H. The van der Waals surface area contributed by atoms with E-state index in [1.807, 2.05) is 6.07 Å². The third-order valence-electron chi connectivity index (χ3n) is 2.73. The second kappa shape index (κ2) is 5.38. The Balaban J connectivity index is 2.06. The van der Waals surface area contributed by atoms with Crippen LogP contribution in [0.1, 0.15) is 0 Å². The predicted molar refractivity (Wildman–Crippen MR) is 80.9 cm³/mol. The Morgan fingerprint density at radius 1 is 1.10 bits per heavy atom. The van der Waals surface area contributed by atoms with Crippen LogP contribution in [-0.2, 0) is 0 Å². The fourth-order valence-corrected chi connectivity index (χ4v) is 2.51. The summed E-state index contributed by atoms with van der Waals surface area (Å²) in [6.45, 7) is 0. The van der Waals surface area contributed by atoms with E-state index in [0.29, 0.717) is 21.0 Å². The quantitative estimate of drug-likeness (QED) is 0.600. The number of pyridine rings is 1. The summed E-state index contributed by atoms with van der Waals surface area (Å²) < 4.78 is 19.7. The molecule has 0 fully saturated rings. The first-order chi connectivity index (χ1) is 9.61. The second-order valence-electron chi connectivity index (χ2n) is 4.18. The zero-order valence-electron chi connectivity index (χ0n) is 10.1. The molecule has 5 heteroatoms. The number of halogens is 3. The molecule has 0 saturated heterocycles. The SMILES string of the molecule is Fc1cc(Br)cc(Oc2ccnc3cc(Cl)ccc23)c1. The Labute approximate surface area is 128 Å². The Morgan fingerprint density at radius 3 is 2.75 bits per heavy atom. The van der Waals surface area contributed by atoms with E-state index < -0.39 is 0 Å².